The predicted molar refractivity (Wildman–Crippen MR) is 535 cm³/mol. The van der Waals surface area contributed by atoms with E-state index in [1.165, 1.54) is 317 Å². The number of aromatic nitrogens is 2. The zero-order chi connectivity index (χ0) is 84.1. The van der Waals surface area contributed by atoms with Crippen LogP contribution in [0.2, 0.25) is 0 Å². The number of para-hydroxylation sites is 4. The van der Waals surface area contributed by atoms with E-state index in [0.29, 0.717) is 23.7 Å². The lowest BCUT2D eigenvalue weighted by Crippen LogP contribution is -2.17. The fraction of sp³-hybridized carbons (Fsp3) is 0.246. The Balaban J connectivity index is 0.000000145. The van der Waals surface area contributed by atoms with E-state index >= 15 is 0 Å². The highest BCUT2D eigenvalue weighted by Gasteiger charge is 2.40. The van der Waals surface area contributed by atoms with Gasteiger partial charge in [-0.05, 0) is 272 Å². The maximum atomic E-state index is 2.58. The summed E-state index contributed by atoms with van der Waals surface area (Å²) in [5.74, 6) is 2.54. The van der Waals surface area contributed by atoms with Gasteiger partial charge < -0.3 is 18.9 Å². The Morgan fingerprint density at radius 2 is 0.571 bits per heavy atom. The standard InChI is InChI=1S/2C61H56N2/c1-61(2)55-30-14-12-26-49(55)50-36-33-46(39-56(50)61)62(57-31-15-13-27-51(57)54-29-17-23-43-22-16-28-48(60(43)54)42-20-8-4-9-21-42)47-34-37-53-52-35-32-44(41-18-6-3-7-19-41)38-58(52)63(59(53)40-47)45-24-10-5-11-25-45;1-61(2)56-37-44(41-17-6-3-7-18-41)29-33-51(56)52-35-31-47(39-57(52)61)62(58-28-15-14-26-53(58)50-27-16-22-43-21-12-13-25-49(43)50)48-32-36-55-54-34-30-45(42-19-8-4-9-20-42)38-59(54)63(60(55)40-48)46-23-10-5-11-24-46/h5,10-17,22-42H,3-4,6-9,18-21H2,1-2H3;5,10-16,21-42H,3-4,6-9,17-20H2,1-2H3. The fourth-order valence-electron chi connectivity index (χ4n) is 24.3. The van der Waals surface area contributed by atoms with E-state index in [1.807, 2.05) is 0 Å². The first kappa shape index (κ1) is 78.0. The number of hydrogen-bond donors (Lipinski definition) is 0. The smallest absolute Gasteiger partial charge is 0.0561 e. The van der Waals surface area contributed by atoms with Crippen LogP contribution in [-0.2, 0) is 10.8 Å². The zero-order valence-electron chi connectivity index (χ0n) is 73.6. The van der Waals surface area contributed by atoms with Crippen LogP contribution in [0.4, 0.5) is 34.1 Å². The van der Waals surface area contributed by atoms with Crippen LogP contribution in [0.5, 0.6) is 0 Å². The molecule has 4 nitrogen and oxygen atoms in total. The van der Waals surface area contributed by atoms with Crippen molar-refractivity contribution in [2.24, 2.45) is 0 Å². The molecule has 126 heavy (non-hydrogen) atoms. The molecule has 18 aromatic rings. The molecule has 0 saturated heterocycles. The average Bonchev–Trinajstić information content (AvgIpc) is 1.55. The van der Waals surface area contributed by atoms with Gasteiger partial charge in [-0.2, -0.15) is 0 Å². The van der Waals surface area contributed by atoms with Crippen LogP contribution in [0, 0.1) is 0 Å². The average molecular weight is 1630 g/mol. The summed E-state index contributed by atoms with van der Waals surface area (Å²) in [6, 6.07) is 130. The SMILES string of the molecule is CC1(C)c2cc(C3CCCCC3)ccc2-c2ccc(N(c3ccc4c5ccc(C6CCCCC6)cc5n(-c5ccccc5)c4c3)c3ccccc3-c3cccc4ccccc34)cc21.CC1(C)c2ccccc2-c2ccc(N(c3ccc4c5ccc(C6CCCCC6)cc5n(-c5ccccc5)c4c3)c3ccccc3-c3cccc4cccc(C5CCCCC5)c34)cc21. The molecule has 6 aliphatic rings. The molecule has 0 spiro atoms. The first-order chi connectivity index (χ1) is 62.0. The Kier molecular flexibility index (Phi) is 20.0. The second-order valence-electron chi connectivity index (χ2n) is 38.7. The third-order valence-corrected chi connectivity index (χ3v) is 30.7. The molecule has 620 valence electrons. The molecule has 0 amide bonds. The highest BCUT2D eigenvalue weighted by molar-refractivity contribution is 6.13. The van der Waals surface area contributed by atoms with Crippen molar-refractivity contribution in [2.45, 2.75) is 191 Å². The summed E-state index contributed by atoms with van der Waals surface area (Å²) in [5.41, 5.74) is 36.4. The van der Waals surface area contributed by atoms with Crippen molar-refractivity contribution in [3.05, 3.63) is 384 Å². The Morgan fingerprint density at radius 3 is 1.10 bits per heavy atom. The van der Waals surface area contributed by atoms with E-state index < -0.39 is 0 Å². The molecule has 0 radical (unpaired) electrons. The molecule has 0 aliphatic heterocycles. The minimum atomic E-state index is -0.133. The minimum Gasteiger partial charge on any atom is -0.310 e. The molecule has 0 atom stereocenters. The Labute approximate surface area is 743 Å². The molecule has 4 fully saturated rings. The van der Waals surface area contributed by atoms with E-state index in [9.17, 15) is 0 Å². The summed E-state index contributed by atoms with van der Waals surface area (Å²) < 4.78 is 5.07. The largest absolute Gasteiger partial charge is 0.310 e. The maximum Gasteiger partial charge on any atom is 0.0561 e. The van der Waals surface area contributed by atoms with Gasteiger partial charge in [-0.25, -0.2) is 0 Å². The normalized spacial score (nSPS) is 16.4. The third kappa shape index (κ3) is 13.5. The van der Waals surface area contributed by atoms with Crippen molar-refractivity contribution in [1.29, 1.82) is 0 Å². The first-order valence-electron chi connectivity index (χ1n) is 47.6. The number of rotatable bonds is 14. The summed E-state index contributed by atoms with van der Waals surface area (Å²) >= 11 is 0. The van der Waals surface area contributed by atoms with Crippen LogP contribution < -0.4 is 9.80 Å². The van der Waals surface area contributed by atoms with Gasteiger partial charge in [0.2, 0.25) is 0 Å². The second-order valence-corrected chi connectivity index (χ2v) is 38.7. The second kappa shape index (κ2) is 32.3. The molecule has 16 aromatic carbocycles. The van der Waals surface area contributed by atoms with Gasteiger partial charge in [0, 0.05) is 77.6 Å². The third-order valence-electron chi connectivity index (χ3n) is 30.7. The van der Waals surface area contributed by atoms with Crippen molar-refractivity contribution < 1.29 is 0 Å². The Bertz CT molecular complexity index is 7200. The summed E-state index contributed by atoms with van der Waals surface area (Å²) in [7, 11) is 0. The molecule has 2 heterocycles. The van der Waals surface area contributed by atoms with E-state index in [2.05, 4.69) is 386 Å². The lowest BCUT2D eigenvalue weighted by atomic mass is 9.79. The Morgan fingerprint density at radius 1 is 0.230 bits per heavy atom. The van der Waals surface area contributed by atoms with Gasteiger partial charge in [0.25, 0.3) is 0 Å². The fourth-order valence-corrected chi connectivity index (χ4v) is 24.3. The van der Waals surface area contributed by atoms with Crippen molar-refractivity contribution in [1.82, 2.24) is 9.13 Å². The molecular formula is C122H112N4. The van der Waals surface area contributed by atoms with Crippen LogP contribution in [0.1, 0.15) is 224 Å². The van der Waals surface area contributed by atoms with Crippen molar-refractivity contribution in [3.8, 4) is 55.9 Å². The van der Waals surface area contributed by atoms with Crippen LogP contribution in [0.25, 0.3) is 121 Å². The van der Waals surface area contributed by atoms with E-state index in [-0.39, 0.29) is 10.8 Å². The van der Waals surface area contributed by atoms with Gasteiger partial charge in [-0.15, -0.1) is 0 Å². The monoisotopic (exact) mass is 1630 g/mol. The molecule has 6 aliphatic carbocycles. The molecule has 0 N–H and O–H groups in total. The molecule has 2 aromatic heterocycles. The molecule has 0 unspecified atom stereocenters. The van der Waals surface area contributed by atoms with Gasteiger partial charge in [0.05, 0.1) is 33.4 Å². The molecular weight excluding hydrogens is 1520 g/mol. The number of nitrogens with zero attached hydrogens (tertiary/aromatic N) is 4. The van der Waals surface area contributed by atoms with Gasteiger partial charge in [0.1, 0.15) is 0 Å². The van der Waals surface area contributed by atoms with Crippen LogP contribution in [0.15, 0.2) is 340 Å². The number of benzene rings is 16. The molecule has 24 rings (SSSR count). The zero-order valence-corrected chi connectivity index (χ0v) is 73.6. The highest BCUT2D eigenvalue weighted by atomic mass is 15.2. The van der Waals surface area contributed by atoms with Crippen LogP contribution in [0.3, 0.4) is 0 Å². The maximum absolute atomic E-state index is 2.58. The van der Waals surface area contributed by atoms with Gasteiger partial charge in [-0.3, -0.25) is 0 Å². The minimum absolute atomic E-state index is 0.128. The van der Waals surface area contributed by atoms with Gasteiger partial charge >= 0.3 is 0 Å². The summed E-state index contributed by atoms with van der Waals surface area (Å²) in [5, 5.41) is 10.5. The quantitative estimate of drug-likeness (QED) is 0.108. The highest BCUT2D eigenvalue weighted by Crippen LogP contribution is 2.57. The number of anilines is 6. The summed E-state index contributed by atoms with van der Waals surface area (Å²) in [4.78, 5) is 5.11. The van der Waals surface area contributed by atoms with Gasteiger partial charge in [0.15, 0.2) is 0 Å². The Hall–Kier alpha value is -12.8. The lowest BCUT2D eigenvalue weighted by Gasteiger charge is -2.30. The molecule has 4 heteroatoms. The van der Waals surface area contributed by atoms with E-state index in [1.54, 1.807) is 0 Å². The van der Waals surface area contributed by atoms with E-state index in [4.69, 9.17) is 0 Å². The topological polar surface area (TPSA) is 16.3 Å². The first-order valence-corrected chi connectivity index (χ1v) is 47.6. The van der Waals surface area contributed by atoms with E-state index in [0.717, 1.165) is 11.4 Å². The van der Waals surface area contributed by atoms with Crippen molar-refractivity contribution in [3.63, 3.8) is 0 Å². The summed E-state index contributed by atoms with van der Waals surface area (Å²) in [6.45, 7) is 9.70. The molecule has 4 saturated carbocycles. The van der Waals surface area contributed by atoms with Crippen LogP contribution >= 0.6 is 0 Å². The van der Waals surface area contributed by atoms with Crippen LogP contribution in [-0.4, -0.2) is 9.13 Å². The molecule has 0 bridgehead atoms. The van der Waals surface area contributed by atoms with Crippen molar-refractivity contribution >= 4 is 99.3 Å². The van der Waals surface area contributed by atoms with Gasteiger partial charge in [-0.1, -0.05) is 347 Å². The number of fused-ring (bicyclic) bond motifs is 14. The summed E-state index contributed by atoms with van der Waals surface area (Å²) in [6.07, 6.45) is 26.4. The lowest BCUT2D eigenvalue weighted by molar-refractivity contribution is 0.443. The predicted octanol–water partition coefficient (Wildman–Crippen LogP) is 35.0. The van der Waals surface area contributed by atoms with Crippen molar-refractivity contribution in [2.75, 3.05) is 9.80 Å². The number of hydrogen-bond acceptors (Lipinski definition) is 2.